The molecular formula is C21H30F2N4O4S. The average molecular weight is 473 g/mol. The van der Waals surface area contributed by atoms with Crippen LogP contribution in [0.15, 0.2) is 23.1 Å². The van der Waals surface area contributed by atoms with E-state index in [2.05, 4.69) is 5.32 Å². The second-order valence-corrected chi connectivity index (χ2v) is 10.1. The Labute approximate surface area is 187 Å². The van der Waals surface area contributed by atoms with Gasteiger partial charge in [-0.25, -0.2) is 17.2 Å². The molecule has 2 amide bonds. The largest absolute Gasteiger partial charge is 0.355 e. The summed E-state index contributed by atoms with van der Waals surface area (Å²) in [6, 6.07) is 2.54. The highest BCUT2D eigenvalue weighted by atomic mass is 32.2. The van der Waals surface area contributed by atoms with Crippen molar-refractivity contribution in [1.82, 2.24) is 19.4 Å². The van der Waals surface area contributed by atoms with Gasteiger partial charge in [0, 0.05) is 51.7 Å². The molecule has 2 saturated heterocycles. The number of hydrogen-bond donors (Lipinski definition) is 1. The SMILES string of the molecule is CCNC(=O)CN1CCCN(C(=O)C2CCN(S(=O)(=O)c3ccc(F)c(F)c3)CC2)CC1. The Kier molecular flexibility index (Phi) is 8.18. The molecule has 0 unspecified atom stereocenters. The highest BCUT2D eigenvalue weighted by Crippen LogP contribution is 2.26. The first kappa shape index (κ1) is 24.5. The van der Waals surface area contributed by atoms with Crippen LogP contribution in [0.3, 0.4) is 0 Å². The highest BCUT2D eigenvalue weighted by Gasteiger charge is 2.34. The number of carbonyl (C=O) groups excluding carboxylic acids is 2. The lowest BCUT2D eigenvalue weighted by molar-refractivity contribution is -0.136. The molecule has 8 nitrogen and oxygen atoms in total. The molecule has 2 aliphatic rings. The maximum absolute atomic E-state index is 13.5. The molecule has 3 rings (SSSR count). The third-order valence-corrected chi connectivity index (χ3v) is 7.87. The number of nitrogens with zero attached hydrogens (tertiary/aromatic N) is 3. The summed E-state index contributed by atoms with van der Waals surface area (Å²) in [6.45, 7) is 5.57. The summed E-state index contributed by atoms with van der Waals surface area (Å²) in [4.78, 5) is 28.4. The molecule has 11 heteroatoms. The lowest BCUT2D eigenvalue weighted by Crippen LogP contribution is -2.45. The van der Waals surface area contributed by atoms with Crippen molar-refractivity contribution in [3.05, 3.63) is 29.8 Å². The smallest absolute Gasteiger partial charge is 0.243 e. The van der Waals surface area contributed by atoms with Crippen molar-refractivity contribution in [3.63, 3.8) is 0 Å². The van der Waals surface area contributed by atoms with E-state index in [9.17, 15) is 26.8 Å². The number of benzene rings is 1. The van der Waals surface area contributed by atoms with Crippen LogP contribution >= 0.6 is 0 Å². The normalized spacial score (nSPS) is 19.5. The Morgan fingerprint density at radius 2 is 1.75 bits per heavy atom. The summed E-state index contributed by atoms with van der Waals surface area (Å²) in [5, 5.41) is 2.78. The zero-order valence-corrected chi connectivity index (χ0v) is 19.0. The number of sulfonamides is 1. The minimum atomic E-state index is -3.95. The molecule has 0 atom stereocenters. The fourth-order valence-electron chi connectivity index (χ4n) is 4.19. The fourth-order valence-corrected chi connectivity index (χ4v) is 5.68. The molecule has 1 N–H and O–H groups in total. The zero-order valence-electron chi connectivity index (χ0n) is 18.2. The van der Waals surface area contributed by atoms with E-state index in [4.69, 9.17) is 0 Å². The van der Waals surface area contributed by atoms with Crippen molar-refractivity contribution in [2.24, 2.45) is 5.92 Å². The van der Waals surface area contributed by atoms with Crippen molar-refractivity contribution in [2.45, 2.75) is 31.1 Å². The molecule has 0 spiro atoms. The minimum absolute atomic E-state index is 0.00901. The highest BCUT2D eigenvalue weighted by molar-refractivity contribution is 7.89. The third-order valence-electron chi connectivity index (χ3n) is 5.97. The van der Waals surface area contributed by atoms with Crippen molar-refractivity contribution in [2.75, 3.05) is 52.4 Å². The predicted molar refractivity (Wildman–Crippen MR) is 114 cm³/mol. The number of hydrogen-bond acceptors (Lipinski definition) is 5. The van der Waals surface area contributed by atoms with Gasteiger partial charge in [0.2, 0.25) is 21.8 Å². The monoisotopic (exact) mass is 472 g/mol. The molecule has 32 heavy (non-hydrogen) atoms. The van der Waals surface area contributed by atoms with Gasteiger partial charge in [0.05, 0.1) is 11.4 Å². The van der Waals surface area contributed by atoms with Crippen LogP contribution in [0.5, 0.6) is 0 Å². The van der Waals surface area contributed by atoms with Crippen LogP contribution < -0.4 is 5.32 Å². The van der Waals surface area contributed by atoms with Gasteiger partial charge in [-0.15, -0.1) is 0 Å². The van der Waals surface area contributed by atoms with E-state index in [1.54, 1.807) is 0 Å². The van der Waals surface area contributed by atoms with E-state index in [-0.39, 0.29) is 35.7 Å². The second kappa shape index (κ2) is 10.7. The van der Waals surface area contributed by atoms with Crippen LogP contribution in [-0.2, 0) is 19.6 Å². The first-order valence-electron chi connectivity index (χ1n) is 11.0. The summed E-state index contributed by atoms with van der Waals surface area (Å²) < 4.78 is 53.4. The number of rotatable bonds is 6. The van der Waals surface area contributed by atoms with Gasteiger partial charge in [0.1, 0.15) is 0 Å². The van der Waals surface area contributed by atoms with Crippen molar-refractivity contribution < 1.29 is 26.8 Å². The summed E-state index contributed by atoms with van der Waals surface area (Å²) in [5.41, 5.74) is 0. The molecule has 0 aromatic heterocycles. The van der Waals surface area contributed by atoms with E-state index >= 15 is 0 Å². The maximum Gasteiger partial charge on any atom is 0.243 e. The lowest BCUT2D eigenvalue weighted by Gasteiger charge is -2.33. The van der Waals surface area contributed by atoms with E-state index in [1.807, 2.05) is 16.7 Å². The quantitative estimate of drug-likeness (QED) is 0.668. The molecule has 2 fully saturated rings. The molecule has 0 aliphatic carbocycles. The fraction of sp³-hybridized carbons (Fsp3) is 0.619. The molecule has 2 aliphatic heterocycles. The summed E-state index contributed by atoms with van der Waals surface area (Å²) >= 11 is 0. The second-order valence-electron chi connectivity index (χ2n) is 8.16. The van der Waals surface area contributed by atoms with Crippen LogP contribution in [0, 0.1) is 17.6 Å². The molecule has 178 valence electrons. The first-order valence-corrected chi connectivity index (χ1v) is 12.4. The zero-order chi connectivity index (χ0) is 23.3. The molecule has 1 aromatic carbocycles. The Bertz CT molecular complexity index is 936. The number of nitrogens with one attached hydrogen (secondary N) is 1. The molecule has 1 aromatic rings. The van der Waals surface area contributed by atoms with Gasteiger partial charge in [0.15, 0.2) is 11.6 Å². The summed E-state index contributed by atoms with van der Waals surface area (Å²) in [6.07, 6.45) is 1.52. The number of amides is 2. The number of halogens is 2. The van der Waals surface area contributed by atoms with Gasteiger partial charge in [-0.2, -0.15) is 4.31 Å². The van der Waals surface area contributed by atoms with Gasteiger partial charge in [-0.3, -0.25) is 14.5 Å². The Morgan fingerprint density at radius 1 is 1.03 bits per heavy atom. The lowest BCUT2D eigenvalue weighted by atomic mass is 9.96. The number of piperidine rings is 1. The topological polar surface area (TPSA) is 90.0 Å². The third kappa shape index (κ3) is 5.81. The van der Waals surface area contributed by atoms with E-state index < -0.39 is 21.7 Å². The van der Waals surface area contributed by atoms with Crippen LogP contribution in [0.4, 0.5) is 8.78 Å². The van der Waals surface area contributed by atoms with Gasteiger partial charge >= 0.3 is 0 Å². The number of carbonyl (C=O) groups is 2. The van der Waals surface area contributed by atoms with E-state index in [1.165, 1.54) is 4.31 Å². The van der Waals surface area contributed by atoms with E-state index in [0.717, 1.165) is 25.1 Å². The molecule has 0 bridgehead atoms. The maximum atomic E-state index is 13.5. The van der Waals surface area contributed by atoms with Gasteiger partial charge in [0.25, 0.3) is 0 Å². The van der Waals surface area contributed by atoms with Gasteiger partial charge < -0.3 is 10.2 Å². The van der Waals surface area contributed by atoms with Gasteiger partial charge in [-0.05, 0) is 44.4 Å². The molecule has 0 saturated carbocycles. The standard InChI is InChI=1S/C21H30F2N4O4S/c1-2-24-20(28)15-25-8-3-9-26(13-12-25)21(29)16-6-10-27(11-7-16)32(30,31)17-4-5-18(22)19(23)14-17/h4-5,14,16H,2-3,6-13,15H2,1H3,(H,24,28). The number of likely N-dealkylation sites (N-methyl/N-ethyl adjacent to an activating group) is 1. The van der Waals surface area contributed by atoms with Crippen molar-refractivity contribution in [1.29, 1.82) is 0 Å². The van der Waals surface area contributed by atoms with Crippen LogP contribution in [0.25, 0.3) is 0 Å². The minimum Gasteiger partial charge on any atom is -0.355 e. The summed E-state index contributed by atoms with van der Waals surface area (Å²) in [7, 11) is -3.95. The van der Waals surface area contributed by atoms with Crippen LogP contribution in [-0.4, -0.2) is 86.7 Å². The molecule has 0 radical (unpaired) electrons. The Hall–Kier alpha value is -2.11. The summed E-state index contributed by atoms with van der Waals surface area (Å²) in [5.74, 6) is -2.60. The average Bonchev–Trinajstić information content (AvgIpc) is 3.01. The molecule has 2 heterocycles. The Balaban J connectivity index is 1.54. The van der Waals surface area contributed by atoms with Crippen LogP contribution in [0.1, 0.15) is 26.2 Å². The van der Waals surface area contributed by atoms with Crippen molar-refractivity contribution in [3.8, 4) is 0 Å². The van der Waals surface area contributed by atoms with Crippen LogP contribution in [0.2, 0.25) is 0 Å². The van der Waals surface area contributed by atoms with Gasteiger partial charge in [-0.1, -0.05) is 0 Å². The first-order chi connectivity index (χ1) is 15.2. The van der Waals surface area contributed by atoms with Crippen molar-refractivity contribution >= 4 is 21.8 Å². The van der Waals surface area contributed by atoms with E-state index in [0.29, 0.717) is 51.6 Å². The predicted octanol–water partition coefficient (Wildman–Crippen LogP) is 1.04. The Morgan fingerprint density at radius 3 is 2.41 bits per heavy atom. The molecular weight excluding hydrogens is 442 g/mol.